The Kier molecular flexibility index (Phi) is 8.85. The van der Waals surface area contributed by atoms with Gasteiger partial charge in [0, 0.05) is 30.9 Å². The van der Waals surface area contributed by atoms with Crippen molar-refractivity contribution in [3.8, 4) is 5.75 Å². The van der Waals surface area contributed by atoms with E-state index in [0.717, 1.165) is 17.8 Å². The highest BCUT2D eigenvalue weighted by molar-refractivity contribution is 7.15. The molecule has 0 saturated carbocycles. The number of rotatable bonds is 9. The molecule has 1 saturated heterocycles. The van der Waals surface area contributed by atoms with E-state index in [1.165, 1.54) is 29.5 Å². The second kappa shape index (κ2) is 12.9. The maximum Gasteiger partial charge on any atom is 0.573 e. The highest BCUT2D eigenvalue weighted by atomic mass is 32.1. The van der Waals surface area contributed by atoms with Gasteiger partial charge in [-0.15, -0.1) is 33.6 Å². The quantitative estimate of drug-likeness (QED) is 0.288. The van der Waals surface area contributed by atoms with E-state index in [4.69, 9.17) is 0 Å². The molecule has 1 fully saturated rings. The van der Waals surface area contributed by atoms with Crippen LogP contribution in [-0.4, -0.2) is 56.6 Å². The van der Waals surface area contributed by atoms with Gasteiger partial charge in [0.2, 0.25) is 16.9 Å². The molecule has 1 aliphatic heterocycles. The lowest BCUT2D eigenvalue weighted by molar-refractivity contribution is -0.274. The molecule has 1 aromatic carbocycles. The van der Waals surface area contributed by atoms with Crippen molar-refractivity contribution in [2.75, 3.05) is 28.6 Å². The Bertz CT molecular complexity index is 1510. The topological polar surface area (TPSA) is 135 Å². The summed E-state index contributed by atoms with van der Waals surface area (Å²) < 4.78 is 41.3. The number of pyridine rings is 1. The van der Waals surface area contributed by atoms with Gasteiger partial charge in [0.25, 0.3) is 0 Å². The Labute approximate surface area is 242 Å². The normalized spacial score (nSPS) is 13.9. The molecule has 2 N–H and O–H groups in total. The molecule has 42 heavy (non-hydrogen) atoms. The number of anilines is 3. The summed E-state index contributed by atoms with van der Waals surface area (Å²) in [6, 6.07) is 14.2. The Hall–Kier alpha value is -4.66. The number of hydrogen-bond donors (Lipinski definition) is 2. The van der Waals surface area contributed by atoms with Gasteiger partial charge in [-0.05, 0) is 54.8 Å². The largest absolute Gasteiger partial charge is 0.573 e. The first-order valence-electron chi connectivity index (χ1n) is 13.0. The molecule has 4 heterocycles. The molecule has 1 aliphatic rings. The fourth-order valence-corrected chi connectivity index (χ4v) is 5.35. The van der Waals surface area contributed by atoms with Crippen molar-refractivity contribution < 1.29 is 27.5 Å². The van der Waals surface area contributed by atoms with Crippen LogP contribution in [-0.2, 0) is 22.4 Å². The van der Waals surface area contributed by atoms with Crippen molar-refractivity contribution in [1.82, 2.24) is 25.4 Å². The van der Waals surface area contributed by atoms with E-state index in [-0.39, 0.29) is 30.4 Å². The number of aromatic nitrogens is 5. The molecular formula is C27H25F3N8O3S. The van der Waals surface area contributed by atoms with Gasteiger partial charge >= 0.3 is 6.36 Å². The van der Waals surface area contributed by atoms with Crippen LogP contribution < -0.4 is 20.3 Å². The summed E-state index contributed by atoms with van der Waals surface area (Å²) in [5.74, 6) is 0.174. The number of alkyl halides is 3. The van der Waals surface area contributed by atoms with Crippen LogP contribution in [0.1, 0.15) is 35.0 Å². The lowest BCUT2D eigenvalue weighted by Gasteiger charge is -2.31. The van der Waals surface area contributed by atoms with Crippen molar-refractivity contribution in [1.29, 1.82) is 0 Å². The van der Waals surface area contributed by atoms with Gasteiger partial charge in [0.15, 0.2) is 11.6 Å². The van der Waals surface area contributed by atoms with Crippen molar-refractivity contribution in [2.45, 2.75) is 38.0 Å². The van der Waals surface area contributed by atoms with E-state index in [1.54, 1.807) is 30.5 Å². The zero-order chi connectivity index (χ0) is 29.5. The number of benzene rings is 1. The van der Waals surface area contributed by atoms with E-state index in [1.807, 2.05) is 12.1 Å². The summed E-state index contributed by atoms with van der Waals surface area (Å²) in [4.78, 5) is 30.9. The number of nitrogens with zero attached hydrogens (tertiary/aromatic N) is 6. The molecule has 11 nitrogen and oxygen atoms in total. The Balaban J connectivity index is 1.08. The fourth-order valence-electron chi connectivity index (χ4n) is 4.42. The summed E-state index contributed by atoms with van der Waals surface area (Å²) in [6.45, 7) is 1.42. The number of carbonyl (C=O) groups is 2. The third-order valence-corrected chi connectivity index (χ3v) is 7.34. The Morgan fingerprint density at radius 3 is 2.45 bits per heavy atom. The van der Waals surface area contributed by atoms with Gasteiger partial charge in [-0.2, -0.15) is 0 Å². The summed E-state index contributed by atoms with van der Waals surface area (Å²) in [5, 5.41) is 23.2. The molecule has 0 atom stereocenters. The molecule has 15 heteroatoms. The number of hydrogen-bond acceptors (Lipinski definition) is 10. The number of halogens is 3. The number of piperidine rings is 1. The van der Waals surface area contributed by atoms with Gasteiger partial charge in [0.1, 0.15) is 10.8 Å². The molecular weight excluding hydrogens is 573 g/mol. The molecule has 0 bridgehead atoms. The molecule has 2 amide bonds. The van der Waals surface area contributed by atoms with Gasteiger partial charge < -0.3 is 20.3 Å². The van der Waals surface area contributed by atoms with Crippen molar-refractivity contribution in [3.05, 3.63) is 77.1 Å². The van der Waals surface area contributed by atoms with Crippen LogP contribution in [0.3, 0.4) is 0 Å². The lowest BCUT2D eigenvalue weighted by atomic mass is 9.98. The average Bonchev–Trinajstić information content (AvgIpc) is 3.41. The van der Waals surface area contributed by atoms with Crippen LogP contribution in [0.4, 0.5) is 29.9 Å². The highest BCUT2D eigenvalue weighted by Gasteiger charge is 2.31. The molecule has 0 spiro atoms. The third kappa shape index (κ3) is 8.19. The van der Waals surface area contributed by atoms with Crippen molar-refractivity contribution in [2.24, 2.45) is 0 Å². The van der Waals surface area contributed by atoms with Gasteiger partial charge in [0.05, 0.1) is 12.8 Å². The minimum Gasteiger partial charge on any atom is -0.406 e. The van der Waals surface area contributed by atoms with E-state index < -0.39 is 12.3 Å². The van der Waals surface area contributed by atoms with Gasteiger partial charge in [-0.1, -0.05) is 29.5 Å². The molecule has 0 radical (unpaired) electrons. The molecule has 3 aromatic heterocycles. The summed E-state index contributed by atoms with van der Waals surface area (Å²) >= 11 is 1.28. The first-order valence-corrected chi connectivity index (χ1v) is 13.8. The molecule has 0 unspecified atom stereocenters. The third-order valence-electron chi connectivity index (χ3n) is 6.34. The summed E-state index contributed by atoms with van der Waals surface area (Å²) in [7, 11) is 0. The van der Waals surface area contributed by atoms with Gasteiger partial charge in [-0.25, -0.2) is 0 Å². The summed E-state index contributed by atoms with van der Waals surface area (Å²) in [5.41, 5.74) is 1.03. The predicted molar refractivity (Wildman–Crippen MR) is 148 cm³/mol. The summed E-state index contributed by atoms with van der Waals surface area (Å²) in [6.07, 6.45) is -1.59. The molecule has 218 valence electrons. The molecule has 4 aromatic rings. The predicted octanol–water partition coefficient (Wildman–Crippen LogP) is 4.37. The number of amides is 2. The van der Waals surface area contributed by atoms with Crippen LogP contribution in [0, 0.1) is 0 Å². The minimum absolute atomic E-state index is 0.142. The average molecular weight is 599 g/mol. The zero-order valence-electron chi connectivity index (χ0n) is 22.0. The van der Waals surface area contributed by atoms with E-state index in [9.17, 15) is 22.8 Å². The monoisotopic (exact) mass is 598 g/mol. The number of ether oxygens (including phenoxy) is 1. The van der Waals surface area contributed by atoms with Crippen LogP contribution >= 0.6 is 11.3 Å². The Morgan fingerprint density at radius 1 is 0.929 bits per heavy atom. The molecule has 5 rings (SSSR count). The SMILES string of the molecule is O=C(Cc1ccccn1)Nc1ccc(N2CCC(c3nnc(NC(=O)Cc4cccc(OC(F)(F)F)c4)s3)CC2)nn1. The zero-order valence-corrected chi connectivity index (χ0v) is 22.9. The minimum atomic E-state index is -4.81. The van der Waals surface area contributed by atoms with Crippen LogP contribution in [0.15, 0.2) is 60.8 Å². The molecule has 0 aliphatic carbocycles. The first-order chi connectivity index (χ1) is 20.2. The standard InChI is InChI=1S/C27H25F3N8O3S/c28-27(29,30)41-20-6-3-4-17(14-20)15-23(39)33-26-37-36-25(42-26)18-9-12-38(13-10-18)22-8-7-21(34-35-22)32-24(40)16-19-5-1-2-11-31-19/h1-8,11,14,18H,9-10,12-13,15-16H2,(H,32,34,40)(H,33,37,39). The first kappa shape index (κ1) is 28.9. The van der Waals surface area contributed by atoms with Gasteiger partial charge in [-0.3, -0.25) is 14.6 Å². The smallest absolute Gasteiger partial charge is 0.406 e. The fraction of sp³-hybridized carbons (Fsp3) is 0.296. The van der Waals surface area contributed by atoms with E-state index in [0.29, 0.717) is 41.1 Å². The lowest BCUT2D eigenvalue weighted by Crippen LogP contribution is -2.33. The maximum absolute atomic E-state index is 12.5. The second-order valence-electron chi connectivity index (χ2n) is 9.45. The van der Waals surface area contributed by atoms with Crippen LogP contribution in [0.2, 0.25) is 0 Å². The number of nitrogens with one attached hydrogen (secondary N) is 2. The maximum atomic E-state index is 12.5. The van der Waals surface area contributed by atoms with Crippen molar-refractivity contribution >= 4 is 39.9 Å². The van der Waals surface area contributed by atoms with Crippen LogP contribution in [0.25, 0.3) is 0 Å². The van der Waals surface area contributed by atoms with E-state index >= 15 is 0 Å². The second-order valence-corrected chi connectivity index (χ2v) is 10.5. The van der Waals surface area contributed by atoms with Crippen molar-refractivity contribution in [3.63, 3.8) is 0 Å². The number of carbonyl (C=O) groups excluding carboxylic acids is 2. The van der Waals surface area contributed by atoms with E-state index in [2.05, 4.69) is 45.6 Å². The highest BCUT2D eigenvalue weighted by Crippen LogP contribution is 2.33. The Morgan fingerprint density at radius 2 is 1.74 bits per heavy atom. The van der Waals surface area contributed by atoms with Crippen LogP contribution in [0.5, 0.6) is 5.75 Å².